The van der Waals surface area contributed by atoms with E-state index in [1.807, 2.05) is 11.5 Å². The van der Waals surface area contributed by atoms with Crippen molar-refractivity contribution in [1.82, 2.24) is 9.55 Å². The fourth-order valence-corrected chi connectivity index (χ4v) is 3.90. The minimum absolute atomic E-state index is 0.0664. The van der Waals surface area contributed by atoms with Crippen molar-refractivity contribution in [2.45, 2.75) is 52.5 Å². The maximum Gasteiger partial charge on any atom is 0.340 e. The lowest BCUT2D eigenvalue weighted by atomic mass is 9.84. The second-order valence-electron chi connectivity index (χ2n) is 6.69. The highest BCUT2D eigenvalue weighted by Crippen LogP contribution is 2.36. The van der Waals surface area contributed by atoms with E-state index in [0.717, 1.165) is 18.5 Å². The highest BCUT2D eigenvalue weighted by molar-refractivity contribution is 6.05. The molecule has 0 amide bonds. The van der Waals surface area contributed by atoms with Gasteiger partial charge in [0.15, 0.2) is 0 Å². The monoisotopic (exact) mass is 346 g/mol. The number of esters is 1. The minimum Gasteiger partial charge on any atom is -0.462 e. The van der Waals surface area contributed by atoms with Crippen molar-refractivity contribution in [2.75, 3.05) is 6.61 Å². The number of ketones is 1. The van der Waals surface area contributed by atoms with E-state index >= 15 is 0 Å². The summed E-state index contributed by atoms with van der Waals surface area (Å²) in [4.78, 5) is 28.2. The van der Waals surface area contributed by atoms with Gasteiger partial charge in [0.25, 0.3) is 0 Å². The SMILES string of the molecule is CCOC(=O)c1c(C)n([C@H](C)C2CCC(=O)CC2)c2ncc(F)cc12. The number of aromatic nitrogens is 2. The predicted molar refractivity (Wildman–Crippen MR) is 92.1 cm³/mol. The molecular formula is C19H23FN2O3. The number of ether oxygens (including phenoxy) is 1. The number of fused-ring (bicyclic) bond motifs is 1. The van der Waals surface area contributed by atoms with Gasteiger partial charge in [-0.15, -0.1) is 0 Å². The Bertz CT molecular complexity index is 818. The highest BCUT2D eigenvalue weighted by atomic mass is 19.1. The maximum absolute atomic E-state index is 13.7. The molecule has 1 saturated carbocycles. The van der Waals surface area contributed by atoms with Crippen LogP contribution >= 0.6 is 0 Å². The molecule has 1 aliphatic rings. The van der Waals surface area contributed by atoms with Crippen LogP contribution < -0.4 is 0 Å². The van der Waals surface area contributed by atoms with Crippen LogP contribution in [0.1, 0.15) is 61.6 Å². The molecule has 0 aliphatic heterocycles. The first kappa shape index (κ1) is 17.6. The smallest absolute Gasteiger partial charge is 0.340 e. The number of halogens is 1. The third-order valence-electron chi connectivity index (χ3n) is 5.21. The van der Waals surface area contributed by atoms with Crippen molar-refractivity contribution in [3.05, 3.63) is 29.3 Å². The second-order valence-corrected chi connectivity index (χ2v) is 6.69. The number of rotatable bonds is 4. The van der Waals surface area contributed by atoms with Crippen LogP contribution in [-0.2, 0) is 9.53 Å². The van der Waals surface area contributed by atoms with Gasteiger partial charge in [-0.1, -0.05) is 0 Å². The summed E-state index contributed by atoms with van der Waals surface area (Å²) < 4.78 is 20.9. The molecule has 1 aliphatic carbocycles. The van der Waals surface area contributed by atoms with Gasteiger partial charge in [0.2, 0.25) is 0 Å². The van der Waals surface area contributed by atoms with Gasteiger partial charge in [-0.25, -0.2) is 14.2 Å². The fourth-order valence-electron chi connectivity index (χ4n) is 3.90. The average Bonchev–Trinajstić information content (AvgIpc) is 2.86. The lowest BCUT2D eigenvalue weighted by Crippen LogP contribution is -2.23. The molecule has 3 rings (SSSR count). The van der Waals surface area contributed by atoms with E-state index in [1.54, 1.807) is 6.92 Å². The zero-order chi connectivity index (χ0) is 18.1. The van der Waals surface area contributed by atoms with E-state index in [-0.39, 0.29) is 12.6 Å². The zero-order valence-electron chi connectivity index (χ0n) is 14.8. The quantitative estimate of drug-likeness (QED) is 0.786. The van der Waals surface area contributed by atoms with Crippen LogP contribution in [-0.4, -0.2) is 27.9 Å². The van der Waals surface area contributed by atoms with Gasteiger partial charge in [0.05, 0.1) is 18.4 Å². The molecule has 0 unspecified atom stereocenters. The maximum atomic E-state index is 13.7. The second kappa shape index (κ2) is 6.94. The average molecular weight is 346 g/mol. The summed E-state index contributed by atoms with van der Waals surface area (Å²) >= 11 is 0. The molecule has 0 bridgehead atoms. The fraction of sp³-hybridized carbons (Fsp3) is 0.526. The van der Waals surface area contributed by atoms with Crippen molar-refractivity contribution in [3.8, 4) is 0 Å². The lowest BCUT2D eigenvalue weighted by Gasteiger charge is -2.29. The lowest BCUT2D eigenvalue weighted by molar-refractivity contribution is -0.121. The van der Waals surface area contributed by atoms with Crippen LogP contribution in [0.25, 0.3) is 11.0 Å². The molecule has 0 aromatic carbocycles. The Morgan fingerprint density at radius 2 is 2.12 bits per heavy atom. The summed E-state index contributed by atoms with van der Waals surface area (Å²) in [5.74, 6) is -0.299. The van der Waals surface area contributed by atoms with Crippen molar-refractivity contribution in [3.63, 3.8) is 0 Å². The Balaban J connectivity index is 2.10. The Morgan fingerprint density at radius 1 is 1.44 bits per heavy atom. The van der Waals surface area contributed by atoms with Crippen molar-refractivity contribution in [2.24, 2.45) is 5.92 Å². The Kier molecular flexibility index (Phi) is 4.88. The molecule has 25 heavy (non-hydrogen) atoms. The van der Waals surface area contributed by atoms with Crippen molar-refractivity contribution < 1.29 is 18.7 Å². The predicted octanol–water partition coefficient (Wildman–Crippen LogP) is 3.98. The molecule has 134 valence electrons. The summed E-state index contributed by atoms with van der Waals surface area (Å²) in [5, 5.41) is 0.481. The number of nitrogens with zero attached hydrogens (tertiary/aromatic N) is 2. The zero-order valence-corrected chi connectivity index (χ0v) is 14.8. The molecule has 0 saturated heterocycles. The third kappa shape index (κ3) is 3.17. The van der Waals surface area contributed by atoms with Crippen molar-refractivity contribution in [1.29, 1.82) is 0 Å². The number of pyridine rings is 1. The Morgan fingerprint density at radius 3 is 2.76 bits per heavy atom. The van der Waals surface area contributed by atoms with Crippen LogP contribution in [0.2, 0.25) is 0 Å². The normalized spacial score (nSPS) is 17.0. The van der Waals surface area contributed by atoms with E-state index in [2.05, 4.69) is 11.9 Å². The topological polar surface area (TPSA) is 61.2 Å². The molecule has 6 heteroatoms. The summed E-state index contributed by atoms with van der Waals surface area (Å²) in [6.45, 7) is 5.92. The summed E-state index contributed by atoms with van der Waals surface area (Å²) in [7, 11) is 0. The van der Waals surface area contributed by atoms with Crippen LogP contribution in [0.15, 0.2) is 12.3 Å². The van der Waals surface area contributed by atoms with E-state index in [0.29, 0.717) is 41.1 Å². The van der Waals surface area contributed by atoms with Gasteiger partial charge >= 0.3 is 5.97 Å². The molecule has 1 atom stereocenters. The van der Waals surface area contributed by atoms with Gasteiger partial charge in [-0.2, -0.15) is 0 Å². The van der Waals surface area contributed by atoms with Crippen LogP contribution in [0.4, 0.5) is 4.39 Å². The summed E-state index contributed by atoms with van der Waals surface area (Å²) in [5.41, 5.74) is 1.70. The van der Waals surface area contributed by atoms with Crippen LogP contribution in [0.3, 0.4) is 0 Å². The standard InChI is InChI=1S/C19H23FN2O3/c1-4-25-19(24)17-12(3)22(18-16(17)9-14(20)10-21-18)11(2)13-5-7-15(23)8-6-13/h9-11,13H,4-8H2,1-3H3/t11-/m1/s1. The number of hydrogen-bond acceptors (Lipinski definition) is 4. The van der Waals surface area contributed by atoms with Gasteiger partial charge in [0.1, 0.15) is 17.2 Å². The number of carbonyl (C=O) groups excluding carboxylic acids is 2. The number of carbonyl (C=O) groups is 2. The molecule has 2 aromatic heterocycles. The molecule has 5 nitrogen and oxygen atoms in total. The van der Waals surface area contributed by atoms with Crippen molar-refractivity contribution >= 4 is 22.8 Å². The summed E-state index contributed by atoms with van der Waals surface area (Å²) in [6.07, 6.45) is 4.02. The molecule has 0 N–H and O–H groups in total. The number of hydrogen-bond donors (Lipinski definition) is 0. The van der Waals surface area contributed by atoms with E-state index in [9.17, 15) is 14.0 Å². The molecule has 1 fully saturated rings. The molecular weight excluding hydrogens is 323 g/mol. The minimum atomic E-state index is -0.480. The first-order chi connectivity index (χ1) is 11.9. The van der Waals surface area contributed by atoms with Gasteiger partial charge in [-0.3, -0.25) is 4.79 Å². The molecule has 0 radical (unpaired) electrons. The van der Waals surface area contributed by atoms with Gasteiger partial charge < -0.3 is 9.30 Å². The Hall–Kier alpha value is -2.24. The third-order valence-corrected chi connectivity index (χ3v) is 5.21. The van der Waals surface area contributed by atoms with Crippen LogP contribution in [0, 0.1) is 18.7 Å². The first-order valence-corrected chi connectivity index (χ1v) is 8.78. The summed E-state index contributed by atoms with van der Waals surface area (Å²) in [6, 6.07) is 1.41. The van der Waals surface area contributed by atoms with E-state index < -0.39 is 11.8 Å². The molecule has 2 heterocycles. The highest BCUT2D eigenvalue weighted by Gasteiger charge is 2.30. The van der Waals surface area contributed by atoms with Gasteiger partial charge in [-0.05, 0) is 45.6 Å². The molecule has 2 aromatic rings. The molecule has 0 spiro atoms. The van der Waals surface area contributed by atoms with Crippen LogP contribution in [0.5, 0.6) is 0 Å². The van der Waals surface area contributed by atoms with Gasteiger partial charge in [0, 0.05) is 30.0 Å². The van der Waals surface area contributed by atoms with E-state index in [1.165, 1.54) is 12.3 Å². The number of Topliss-reactive ketones (excluding diaryl/α,β-unsaturated/α-hetero) is 1. The Labute approximate surface area is 146 Å². The van der Waals surface area contributed by atoms with E-state index in [4.69, 9.17) is 4.74 Å². The first-order valence-electron chi connectivity index (χ1n) is 8.78. The largest absolute Gasteiger partial charge is 0.462 e.